The fourth-order valence-corrected chi connectivity index (χ4v) is 3.03. The fraction of sp³-hybridized carbons (Fsp3) is 0.333. The minimum atomic E-state index is 0.842. The van der Waals surface area contributed by atoms with Crippen LogP contribution in [-0.4, -0.2) is 21.1 Å². The number of imidazole rings is 1. The molecule has 1 N–H and O–H groups in total. The fourth-order valence-electron chi connectivity index (χ4n) is 2.38. The molecule has 0 aromatic carbocycles. The van der Waals surface area contributed by atoms with Crippen LogP contribution in [0.1, 0.15) is 12.8 Å². The van der Waals surface area contributed by atoms with Gasteiger partial charge in [-0.2, -0.15) is 11.3 Å². The maximum Gasteiger partial charge on any atom is 0.203 e. The van der Waals surface area contributed by atoms with Gasteiger partial charge in [0.25, 0.3) is 0 Å². The summed E-state index contributed by atoms with van der Waals surface area (Å²) < 4.78 is 2.12. The molecule has 5 heteroatoms. The summed E-state index contributed by atoms with van der Waals surface area (Å²) in [5.41, 5.74) is 4.25. The van der Waals surface area contributed by atoms with Gasteiger partial charge in [-0.05, 0) is 36.3 Å². The Labute approximate surface area is 121 Å². The first-order valence-corrected chi connectivity index (χ1v) is 7.84. The number of fused-ring (bicyclic) bond motifs is 1. The molecule has 20 heavy (non-hydrogen) atoms. The number of nitrogens with zero attached hydrogens (tertiary/aromatic N) is 3. The number of aromatic nitrogens is 3. The quantitative estimate of drug-likeness (QED) is 0.797. The van der Waals surface area contributed by atoms with Crippen LogP contribution >= 0.6 is 11.3 Å². The first-order valence-electron chi connectivity index (χ1n) is 6.90. The summed E-state index contributed by atoms with van der Waals surface area (Å²) in [6.07, 6.45) is 4.56. The molecule has 0 bridgehead atoms. The van der Waals surface area contributed by atoms with Gasteiger partial charge >= 0.3 is 0 Å². The van der Waals surface area contributed by atoms with E-state index in [9.17, 15) is 0 Å². The van der Waals surface area contributed by atoms with Crippen molar-refractivity contribution in [2.75, 3.05) is 11.9 Å². The van der Waals surface area contributed by atoms with Gasteiger partial charge in [0.1, 0.15) is 5.52 Å². The van der Waals surface area contributed by atoms with E-state index in [1.807, 2.05) is 6.20 Å². The highest BCUT2D eigenvalue weighted by Gasteiger charge is 2.21. The molecule has 3 aromatic heterocycles. The molecular weight excluding hydrogens is 268 g/mol. The molecule has 3 aromatic rings. The molecule has 0 amide bonds. The van der Waals surface area contributed by atoms with Gasteiger partial charge in [0.05, 0.1) is 17.4 Å². The molecule has 4 nitrogen and oxygen atoms in total. The molecule has 0 spiro atoms. The summed E-state index contributed by atoms with van der Waals surface area (Å²) in [6.45, 7) is 1.03. The van der Waals surface area contributed by atoms with Crippen LogP contribution in [0.25, 0.3) is 22.3 Å². The molecule has 0 unspecified atom stereocenters. The molecule has 0 radical (unpaired) electrons. The smallest absolute Gasteiger partial charge is 0.203 e. The lowest BCUT2D eigenvalue weighted by molar-refractivity contribution is 0.850. The molecule has 3 heterocycles. The van der Waals surface area contributed by atoms with Crippen LogP contribution in [-0.2, 0) is 7.05 Å². The Morgan fingerprint density at radius 1 is 1.45 bits per heavy atom. The molecule has 0 aliphatic heterocycles. The highest BCUT2D eigenvalue weighted by Crippen LogP contribution is 2.29. The van der Waals surface area contributed by atoms with E-state index >= 15 is 0 Å². The lowest BCUT2D eigenvalue weighted by Crippen LogP contribution is -2.07. The third-order valence-corrected chi connectivity index (χ3v) is 4.51. The van der Waals surface area contributed by atoms with E-state index in [4.69, 9.17) is 0 Å². The topological polar surface area (TPSA) is 42.7 Å². The number of nitrogens with one attached hydrogen (secondary N) is 1. The van der Waals surface area contributed by atoms with Crippen LogP contribution in [0.15, 0.2) is 29.1 Å². The molecule has 1 aliphatic carbocycles. The Kier molecular flexibility index (Phi) is 2.73. The molecule has 0 saturated heterocycles. The summed E-state index contributed by atoms with van der Waals surface area (Å²) in [6, 6.07) is 4.22. The second-order valence-corrected chi connectivity index (χ2v) is 6.17. The molecule has 1 aliphatic rings. The third kappa shape index (κ3) is 2.08. The average Bonchev–Trinajstić information content (AvgIpc) is 3.03. The Hall–Kier alpha value is -1.88. The van der Waals surface area contributed by atoms with Crippen molar-refractivity contribution in [1.29, 1.82) is 0 Å². The van der Waals surface area contributed by atoms with Crippen molar-refractivity contribution in [3.05, 3.63) is 29.1 Å². The number of anilines is 1. The van der Waals surface area contributed by atoms with Gasteiger partial charge in [0, 0.05) is 24.5 Å². The largest absolute Gasteiger partial charge is 0.355 e. The minimum absolute atomic E-state index is 0.842. The van der Waals surface area contributed by atoms with Crippen LogP contribution in [0.3, 0.4) is 0 Å². The van der Waals surface area contributed by atoms with Crippen molar-refractivity contribution in [2.45, 2.75) is 12.8 Å². The minimum Gasteiger partial charge on any atom is -0.355 e. The van der Waals surface area contributed by atoms with Crippen molar-refractivity contribution in [1.82, 2.24) is 14.5 Å². The van der Waals surface area contributed by atoms with Gasteiger partial charge in [-0.25, -0.2) is 4.98 Å². The summed E-state index contributed by atoms with van der Waals surface area (Å²) in [7, 11) is 2.06. The maximum absolute atomic E-state index is 4.63. The van der Waals surface area contributed by atoms with Crippen LogP contribution in [0, 0.1) is 5.92 Å². The Morgan fingerprint density at radius 2 is 2.35 bits per heavy atom. The molecule has 1 fully saturated rings. The van der Waals surface area contributed by atoms with Crippen LogP contribution < -0.4 is 5.32 Å². The Bertz CT molecular complexity index is 741. The maximum atomic E-state index is 4.63. The van der Waals surface area contributed by atoms with E-state index in [1.165, 1.54) is 18.4 Å². The normalized spacial score (nSPS) is 14.8. The van der Waals surface area contributed by atoms with Crippen LogP contribution in [0.2, 0.25) is 0 Å². The highest BCUT2D eigenvalue weighted by molar-refractivity contribution is 7.08. The summed E-state index contributed by atoms with van der Waals surface area (Å²) >= 11 is 1.69. The number of aryl methyl sites for hydroxylation is 1. The molecule has 102 valence electrons. The second kappa shape index (κ2) is 4.59. The predicted octanol–water partition coefficient (Wildman–Crippen LogP) is 3.52. The third-order valence-electron chi connectivity index (χ3n) is 3.83. The van der Waals surface area contributed by atoms with Gasteiger partial charge in [0.15, 0.2) is 0 Å². The van der Waals surface area contributed by atoms with Crippen molar-refractivity contribution in [3.8, 4) is 11.3 Å². The van der Waals surface area contributed by atoms with Gasteiger partial charge < -0.3 is 9.88 Å². The van der Waals surface area contributed by atoms with Gasteiger partial charge in [0.2, 0.25) is 5.95 Å². The molecule has 1 saturated carbocycles. The van der Waals surface area contributed by atoms with Crippen molar-refractivity contribution >= 4 is 28.3 Å². The molecule has 4 rings (SSSR count). The number of hydrogen-bond acceptors (Lipinski definition) is 4. The van der Waals surface area contributed by atoms with Crippen LogP contribution in [0.4, 0.5) is 5.95 Å². The SMILES string of the molecule is Cn1c(NCC2CC2)nc2cnc(-c3ccsc3)cc21. The zero-order valence-electron chi connectivity index (χ0n) is 11.3. The monoisotopic (exact) mass is 284 g/mol. The van der Waals surface area contributed by atoms with Gasteiger partial charge in [-0.15, -0.1) is 0 Å². The van der Waals surface area contributed by atoms with E-state index in [0.29, 0.717) is 0 Å². The number of hydrogen-bond donors (Lipinski definition) is 1. The first-order chi connectivity index (χ1) is 9.81. The van der Waals surface area contributed by atoms with E-state index in [1.54, 1.807) is 11.3 Å². The van der Waals surface area contributed by atoms with Gasteiger partial charge in [-0.1, -0.05) is 0 Å². The summed E-state index contributed by atoms with van der Waals surface area (Å²) in [5, 5.41) is 7.64. The zero-order chi connectivity index (χ0) is 13.5. The van der Waals surface area contributed by atoms with E-state index < -0.39 is 0 Å². The van der Waals surface area contributed by atoms with Gasteiger partial charge in [-0.3, -0.25) is 4.98 Å². The van der Waals surface area contributed by atoms with Crippen LogP contribution in [0.5, 0.6) is 0 Å². The summed E-state index contributed by atoms with van der Waals surface area (Å²) in [5.74, 6) is 1.78. The second-order valence-electron chi connectivity index (χ2n) is 5.39. The number of thiophene rings is 1. The van der Waals surface area contributed by atoms with E-state index in [-0.39, 0.29) is 0 Å². The van der Waals surface area contributed by atoms with Crippen molar-refractivity contribution in [3.63, 3.8) is 0 Å². The van der Waals surface area contributed by atoms with E-state index in [2.05, 4.69) is 49.8 Å². The average molecular weight is 284 g/mol. The Morgan fingerprint density at radius 3 is 3.10 bits per heavy atom. The zero-order valence-corrected chi connectivity index (χ0v) is 12.2. The molecule has 0 atom stereocenters. The summed E-state index contributed by atoms with van der Waals surface area (Å²) in [4.78, 5) is 9.14. The standard InChI is InChI=1S/C15H16N4S/c1-19-14-6-12(11-4-5-20-9-11)16-8-13(14)18-15(19)17-7-10-2-3-10/h4-6,8-10H,2-3,7H2,1H3,(H,17,18). The number of pyridine rings is 1. The lowest BCUT2D eigenvalue weighted by Gasteiger charge is -2.04. The predicted molar refractivity (Wildman–Crippen MR) is 83.0 cm³/mol. The van der Waals surface area contributed by atoms with Crippen molar-refractivity contribution in [2.24, 2.45) is 13.0 Å². The van der Waals surface area contributed by atoms with Crippen molar-refractivity contribution < 1.29 is 0 Å². The molecular formula is C15H16N4S. The lowest BCUT2D eigenvalue weighted by atomic mass is 10.2. The number of rotatable bonds is 4. The van der Waals surface area contributed by atoms with E-state index in [0.717, 1.165) is 35.1 Å². The Balaban J connectivity index is 1.71. The highest BCUT2D eigenvalue weighted by atomic mass is 32.1. The first kappa shape index (κ1) is 11.9.